The fourth-order valence-electron chi connectivity index (χ4n) is 3.01. The lowest BCUT2D eigenvalue weighted by Gasteiger charge is -2.13. The minimum absolute atomic E-state index is 0.0604. The van der Waals surface area contributed by atoms with E-state index in [9.17, 15) is 28.1 Å². The van der Waals surface area contributed by atoms with Crippen LogP contribution >= 0.6 is 0 Å². The first-order valence-corrected chi connectivity index (χ1v) is 8.97. The summed E-state index contributed by atoms with van der Waals surface area (Å²) in [4.78, 5) is 22.5. The summed E-state index contributed by atoms with van der Waals surface area (Å²) in [6.07, 6.45) is -5.53. The molecule has 2 aromatic carbocycles. The number of alkyl halides is 3. The van der Waals surface area contributed by atoms with E-state index in [1.165, 1.54) is 12.1 Å². The molecule has 1 aliphatic rings. The summed E-state index contributed by atoms with van der Waals surface area (Å²) in [5.74, 6) is 0.107. The van der Waals surface area contributed by atoms with Crippen LogP contribution in [0.5, 0.6) is 17.2 Å². The number of nitro benzene ring substituents is 1. The van der Waals surface area contributed by atoms with Gasteiger partial charge in [0.15, 0.2) is 22.9 Å². The molecule has 4 rings (SSSR count). The van der Waals surface area contributed by atoms with Gasteiger partial charge in [-0.05, 0) is 23.8 Å². The van der Waals surface area contributed by atoms with Gasteiger partial charge in [0.05, 0.1) is 11.1 Å². The molecule has 0 unspecified atom stereocenters. The van der Waals surface area contributed by atoms with Crippen LogP contribution in [-0.2, 0) is 12.7 Å². The van der Waals surface area contributed by atoms with Crippen molar-refractivity contribution < 1.29 is 37.1 Å². The third-order valence-corrected chi connectivity index (χ3v) is 4.39. The molecule has 1 amide bonds. The number of fused-ring (bicyclic) bond motifs is 1. The second-order valence-corrected chi connectivity index (χ2v) is 6.44. The maximum Gasteiger partial charge on any atom is 0.437 e. The zero-order chi connectivity index (χ0) is 22.9. The topological polar surface area (TPSA) is 118 Å². The number of rotatable bonds is 5. The van der Waals surface area contributed by atoms with Crippen molar-refractivity contribution in [3.05, 3.63) is 70.0 Å². The maximum absolute atomic E-state index is 13.7. The molecule has 0 bridgehead atoms. The number of nitrogens with zero attached hydrogens (tertiary/aromatic N) is 3. The van der Waals surface area contributed by atoms with Crippen molar-refractivity contribution in [1.29, 1.82) is 0 Å². The Kier molecular flexibility index (Phi) is 5.30. The number of halogens is 3. The van der Waals surface area contributed by atoms with Gasteiger partial charge in [-0.3, -0.25) is 10.1 Å². The quantitative estimate of drug-likeness (QED) is 0.464. The van der Waals surface area contributed by atoms with Gasteiger partial charge in [0.2, 0.25) is 6.79 Å². The normalized spacial score (nSPS) is 12.5. The lowest BCUT2D eigenvalue weighted by Crippen LogP contribution is -2.27. The second kappa shape index (κ2) is 8.09. The molecule has 0 saturated heterocycles. The Morgan fingerprint density at radius 1 is 1.22 bits per heavy atom. The van der Waals surface area contributed by atoms with Crippen molar-refractivity contribution in [1.82, 2.24) is 15.1 Å². The molecule has 2 heterocycles. The molecule has 0 radical (unpaired) electrons. The van der Waals surface area contributed by atoms with Crippen LogP contribution < -0.4 is 19.5 Å². The number of carbonyl (C=O) groups is 1. The molecule has 166 valence electrons. The first-order chi connectivity index (χ1) is 15.2. The molecule has 0 saturated carbocycles. The molecule has 0 fully saturated rings. The zero-order valence-electron chi connectivity index (χ0n) is 16.0. The monoisotopic (exact) mass is 450 g/mol. The van der Waals surface area contributed by atoms with Crippen LogP contribution in [0.2, 0.25) is 0 Å². The van der Waals surface area contributed by atoms with E-state index in [-0.39, 0.29) is 13.3 Å². The zero-order valence-corrected chi connectivity index (χ0v) is 16.0. The highest BCUT2D eigenvalue weighted by molar-refractivity contribution is 5.71. The van der Waals surface area contributed by atoms with Crippen LogP contribution in [-0.4, -0.2) is 27.6 Å². The van der Waals surface area contributed by atoms with E-state index in [1.54, 1.807) is 18.2 Å². The Morgan fingerprint density at radius 2 is 1.97 bits per heavy atom. The van der Waals surface area contributed by atoms with Gasteiger partial charge < -0.3 is 19.5 Å². The average Bonchev–Trinajstić information content (AvgIpc) is 3.38. The number of ether oxygens (including phenoxy) is 3. The third kappa shape index (κ3) is 4.12. The van der Waals surface area contributed by atoms with Crippen LogP contribution in [0.3, 0.4) is 0 Å². The lowest BCUT2D eigenvalue weighted by atomic mass is 10.2. The number of carbonyl (C=O) groups excluding carboxylic acids is 1. The Morgan fingerprint density at radius 3 is 2.72 bits per heavy atom. The SMILES string of the molecule is O=C(NCc1ccc2c(c1)OCO2)Oc1cnn(-c2ccccc2[N+](=O)[O-])c1C(F)(F)F. The van der Waals surface area contributed by atoms with E-state index in [1.807, 2.05) is 0 Å². The molecular weight excluding hydrogens is 437 g/mol. The van der Waals surface area contributed by atoms with Crippen molar-refractivity contribution in [3.8, 4) is 22.9 Å². The summed E-state index contributed by atoms with van der Waals surface area (Å²) in [6.45, 7) is 0.00710. The highest BCUT2D eigenvalue weighted by Gasteiger charge is 2.41. The molecule has 13 heteroatoms. The number of hydrogen-bond donors (Lipinski definition) is 1. The smallest absolute Gasteiger partial charge is 0.437 e. The molecule has 0 spiro atoms. The van der Waals surface area contributed by atoms with Gasteiger partial charge in [-0.2, -0.15) is 18.3 Å². The van der Waals surface area contributed by atoms with Crippen LogP contribution in [0, 0.1) is 10.1 Å². The molecule has 1 aliphatic heterocycles. The summed E-state index contributed by atoms with van der Waals surface area (Å²) >= 11 is 0. The minimum atomic E-state index is -5.02. The predicted molar refractivity (Wildman–Crippen MR) is 101 cm³/mol. The van der Waals surface area contributed by atoms with Gasteiger partial charge in [-0.15, -0.1) is 0 Å². The van der Waals surface area contributed by atoms with E-state index in [4.69, 9.17) is 14.2 Å². The Balaban J connectivity index is 1.55. The average molecular weight is 450 g/mol. The van der Waals surface area contributed by atoms with E-state index in [0.717, 1.165) is 12.1 Å². The van der Waals surface area contributed by atoms with Crippen LogP contribution in [0.15, 0.2) is 48.7 Å². The van der Waals surface area contributed by atoms with E-state index < -0.39 is 40.0 Å². The van der Waals surface area contributed by atoms with Crippen LogP contribution in [0.25, 0.3) is 5.69 Å². The number of nitro groups is 1. The van der Waals surface area contributed by atoms with E-state index >= 15 is 0 Å². The highest BCUT2D eigenvalue weighted by atomic mass is 19.4. The summed E-state index contributed by atoms with van der Waals surface area (Å²) in [7, 11) is 0. The number of para-hydroxylation sites is 2. The van der Waals surface area contributed by atoms with Crippen LogP contribution in [0.1, 0.15) is 11.3 Å². The number of nitrogens with one attached hydrogen (secondary N) is 1. The first kappa shape index (κ1) is 21.0. The number of hydrogen-bond acceptors (Lipinski definition) is 7. The van der Waals surface area contributed by atoms with Gasteiger partial charge in [0.1, 0.15) is 5.69 Å². The van der Waals surface area contributed by atoms with E-state index in [0.29, 0.717) is 27.9 Å². The van der Waals surface area contributed by atoms with Gasteiger partial charge >= 0.3 is 12.3 Å². The first-order valence-electron chi connectivity index (χ1n) is 8.97. The van der Waals surface area contributed by atoms with Crippen molar-refractivity contribution in [3.63, 3.8) is 0 Å². The van der Waals surface area contributed by atoms with Gasteiger partial charge in [-0.1, -0.05) is 18.2 Å². The van der Waals surface area contributed by atoms with Crippen molar-refractivity contribution in [2.45, 2.75) is 12.7 Å². The molecule has 0 atom stereocenters. The number of amides is 1. The van der Waals surface area contributed by atoms with Crippen molar-refractivity contribution in [2.75, 3.05) is 6.79 Å². The van der Waals surface area contributed by atoms with Crippen LogP contribution in [0.4, 0.5) is 23.7 Å². The standard InChI is InChI=1S/C19H13F3N4O6/c20-19(21,22)17-16(9-24-25(17)12-3-1-2-4-13(12)26(28)29)32-18(27)23-8-11-5-6-14-15(7-11)31-10-30-14/h1-7,9H,8,10H2,(H,23,27). The lowest BCUT2D eigenvalue weighted by molar-refractivity contribution is -0.384. The maximum atomic E-state index is 13.7. The third-order valence-electron chi connectivity index (χ3n) is 4.39. The van der Waals surface area contributed by atoms with E-state index in [2.05, 4.69) is 10.4 Å². The summed E-state index contributed by atoms with van der Waals surface area (Å²) < 4.78 is 56.7. The molecule has 0 aliphatic carbocycles. The second-order valence-electron chi connectivity index (χ2n) is 6.44. The largest absolute Gasteiger partial charge is 0.454 e. The Bertz CT molecular complexity index is 1190. The molecule has 1 N–H and O–H groups in total. The minimum Gasteiger partial charge on any atom is -0.454 e. The van der Waals surface area contributed by atoms with Gasteiger partial charge in [-0.25, -0.2) is 9.48 Å². The highest BCUT2D eigenvalue weighted by Crippen LogP contribution is 2.39. The number of aromatic nitrogens is 2. The fourth-order valence-corrected chi connectivity index (χ4v) is 3.01. The predicted octanol–water partition coefficient (Wildman–Crippen LogP) is 3.82. The molecule has 10 nitrogen and oxygen atoms in total. The molecule has 3 aromatic rings. The molecule has 32 heavy (non-hydrogen) atoms. The molecular formula is C19H13F3N4O6. The molecule has 1 aromatic heterocycles. The summed E-state index contributed by atoms with van der Waals surface area (Å²) in [5, 5.41) is 17.1. The number of benzene rings is 2. The van der Waals surface area contributed by atoms with Gasteiger partial charge in [0, 0.05) is 12.6 Å². The Labute approximate surface area is 177 Å². The van der Waals surface area contributed by atoms with Gasteiger partial charge in [0.25, 0.3) is 5.69 Å². The Hall–Kier alpha value is -4.29. The summed E-state index contributed by atoms with van der Waals surface area (Å²) in [6, 6.07) is 9.64. The summed E-state index contributed by atoms with van der Waals surface area (Å²) in [5.41, 5.74) is -1.90. The van der Waals surface area contributed by atoms with Crippen molar-refractivity contribution >= 4 is 11.8 Å². The fraction of sp³-hybridized carbons (Fsp3) is 0.158. The van der Waals surface area contributed by atoms with Crippen molar-refractivity contribution in [2.24, 2.45) is 0 Å².